The molecule has 0 aromatic heterocycles. The molecule has 41 heavy (non-hydrogen) atoms. The fourth-order valence-electron chi connectivity index (χ4n) is 3.60. The molecule has 1 radical (unpaired) electrons. The summed E-state index contributed by atoms with van der Waals surface area (Å²) in [6.07, 6.45) is 5.11. The van der Waals surface area contributed by atoms with E-state index in [9.17, 15) is 0 Å². The number of hydrogen-bond acceptors (Lipinski definition) is 8. The van der Waals surface area contributed by atoms with Crippen LogP contribution in [0.5, 0.6) is 0 Å². The first-order chi connectivity index (χ1) is 20.0. The van der Waals surface area contributed by atoms with Gasteiger partial charge in [-0.05, 0) is 36.8 Å². The van der Waals surface area contributed by atoms with E-state index in [1.165, 1.54) is 36.8 Å². The Morgan fingerprint density at radius 3 is 0.634 bits per heavy atom. The number of benzene rings is 2. The minimum absolute atomic E-state index is 0. The largest absolute Gasteiger partial charge is 0.381 e. The molecular weight excluding hydrogens is 519 g/mol. The van der Waals surface area contributed by atoms with E-state index in [2.05, 4.69) is 48.5 Å². The molecule has 3 aliphatic rings. The molecule has 2 aromatic rings. The van der Waals surface area contributed by atoms with E-state index in [1.807, 2.05) is 12.1 Å². The summed E-state index contributed by atoms with van der Waals surface area (Å²) in [7, 11) is 0. The van der Waals surface area contributed by atoms with E-state index < -0.39 is 0 Å². The zero-order chi connectivity index (χ0) is 28.0. The van der Waals surface area contributed by atoms with Crippen molar-refractivity contribution in [1.82, 2.24) is 0 Å². The Hall–Kier alpha value is -1.28. The SMILES string of the molecule is C1CCOC1.C1CCOC1.C1COCCOCCOCCOCCOCCO1.[Li].c1ccc(-c2ccccc2)cc1. The van der Waals surface area contributed by atoms with Gasteiger partial charge in [-0.25, -0.2) is 0 Å². The van der Waals surface area contributed by atoms with Crippen LogP contribution in [0.3, 0.4) is 0 Å². The van der Waals surface area contributed by atoms with Crippen LogP contribution in [0.1, 0.15) is 25.7 Å². The molecule has 0 bridgehead atoms. The molecule has 9 heteroatoms. The molecule has 0 atom stereocenters. The fraction of sp³-hybridized carbons (Fsp3) is 0.625. The number of ether oxygens (including phenoxy) is 8. The molecule has 0 saturated carbocycles. The molecule has 227 valence electrons. The Labute approximate surface area is 259 Å². The summed E-state index contributed by atoms with van der Waals surface area (Å²) < 4.78 is 41.9. The first kappa shape index (κ1) is 37.7. The van der Waals surface area contributed by atoms with E-state index in [-0.39, 0.29) is 18.9 Å². The van der Waals surface area contributed by atoms with E-state index in [0.717, 1.165) is 26.4 Å². The van der Waals surface area contributed by atoms with Crippen molar-refractivity contribution in [2.45, 2.75) is 25.7 Å². The number of hydrogen-bond donors (Lipinski definition) is 0. The van der Waals surface area contributed by atoms with Crippen molar-refractivity contribution in [1.29, 1.82) is 0 Å². The first-order valence-electron chi connectivity index (χ1n) is 14.7. The second kappa shape index (κ2) is 30.2. The Kier molecular flexibility index (Phi) is 27.8. The summed E-state index contributed by atoms with van der Waals surface area (Å²) in [5.41, 5.74) is 2.55. The van der Waals surface area contributed by atoms with Crippen LogP contribution in [0, 0.1) is 0 Å². The van der Waals surface area contributed by atoms with Gasteiger partial charge in [0.15, 0.2) is 0 Å². The molecule has 0 aliphatic carbocycles. The van der Waals surface area contributed by atoms with Crippen LogP contribution < -0.4 is 0 Å². The van der Waals surface area contributed by atoms with Gasteiger partial charge in [0.05, 0.1) is 79.3 Å². The number of rotatable bonds is 1. The molecular formula is C32H50LiO8. The van der Waals surface area contributed by atoms with Gasteiger partial charge in [0.2, 0.25) is 0 Å². The van der Waals surface area contributed by atoms with Gasteiger partial charge in [-0.2, -0.15) is 0 Å². The predicted molar refractivity (Wildman–Crippen MR) is 163 cm³/mol. The van der Waals surface area contributed by atoms with Gasteiger partial charge in [-0.3, -0.25) is 0 Å². The molecule has 0 N–H and O–H groups in total. The maximum absolute atomic E-state index is 5.33. The van der Waals surface area contributed by atoms with Crippen molar-refractivity contribution in [3.8, 4) is 11.1 Å². The quantitative estimate of drug-likeness (QED) is 0.459. The summed E-state index contributed by atoms with van der Waals surface area (Å²) in [5.74, 6) is 0. The summed E-state index contributed by atoms with van der Waals surface area (Å²) in [6.45, 7) is 11.0. The topological polar surface area (TPSA) is 73.8 Å². The third-order valence-corrected chi connectivity index (χ3v) is 5.77. The van der Waals surface area contributed by atoms with E-state index in [0.29, 0.717) is 79.3 Å². The van der Waals surface area contributed by atoms with E-state index in [1.54, 1.807) is 0 Å². The van der Waals surface area contributed by atoms with Crippen molar-refractivity contribution < 1.29 is 37.9 Å². The molecule has 3 heterocycles. The van der Waals surface area contributed by atoms with E-state index >= 15 is 0 Å². The average Bonchev–Trinajstić information content (AvgIpc) is 3.79. The fourth-order valence-corrected chi connectivity index (χ4v) is 3.60. The molecule has 3 saturated heterocycles. The molecule has 8 nitrogen and oxygen atoms in total. The monoisotopic (exact) mass is 569 g/mol. The molecule has 2 aromatic carbocycles. The second-order valence-corrected chi connectivity index (χ2v) is 9.05. The van der Waals surface area contributed by atoms with Crippen LogP contribution in [-0.2, 0) is 37.9 Å². The zero-order valence-electron chi connectivity index (χ0n) is 25.2. The van der Waals surface area contributed by atoms with Crippen molar-refractivity contribution in [2.24, 2.45) is 0 Å². The predicted octanol–water partition coefficient (Wildman–Crippen LogP) is 4.67. The normalized spacial score (nSPS) is 19.2. The first-order valence-corrected chi connectivity index (χ1v) is 14.7. The maximum Gasteiger partial charge on any atom is 0.0701 e. The smallest absolute Gasteiger partial charge is 0.0701 e. The van der Waals surface area contributed by atoms with Crippen LogP contribution in [0.15, 0.2) is 60.7 Å². The van der Waals surface area contributed by atoms with Gasteiger partial charge in [0, 0.05) is 45.3 Å². The van der Waals surface area contributed by atoms with Crippen LogP contribution in [0.25, 0.3) is 11.1 Å². The summed E-state index contributed by atoms with van der Waals surface area (Å²) in [6, 6.07) is 20.8. The Balaban J connectivity index is 0.000000309. The van der Waals surface area contributed by atoms with Gasteiger partial charge in [0.1, 0.15) is 0 Å². The van der Waals surface area contributed by atoms with Crippen molar-refractivity contribution in [3.63, 3.8) is 0 Å². The van der Waals surface area contributed by atoms with Gasteiger partial charge >= 0.3 is 0 Å². The minimum atomic E-state index is 0. The van der Waals surface area contributed by atoms with Crippen molar-refractivity contribution in [2.75, 3.05) is 106 Å². The molecule has 3 aliphatic heterocycles. The Morgan fingerprint density at radius 1 is 0.268 bits per heavy atom. The van der Waals surface area contributed by atoms with Crippen molar-refractivity contribution in [3.05, 3.63) is 60.7 Å². The Bertz CT molecular complexity index is 623. The minimum Gasteiger partial charge on any atom is -0.381 e. The summed E-state index contributed by atoms with van der Waals surface area (Å²) >= 11 is 0. The zero-order valence-corrected chi connectivity index (χ0v) is 25.2. The van der Waals surface area contributed by atoms with E-state index in [4.69, 9.17) is 37.9 Å². The van der Waals surface area contributed by atoms with Crippen LogP contribution in [0.4, 0.5) is 0 Å². The molecule has 0 amide bonds. The second-order valence-electron chi connectivity index (χ2n) is 9.05. The third-order valence-electron chi connectivity index (χ3n) is 5.77. The van der Waals surface area contributed by atoms with Crippen molar-refractivity contribution >= 4 is 18.9 Å². The van der Waals surface area contributed by atoms with Gasteiger partial charge in [-0.15, -0.1) is 0 Å². The summed E-state index contributed by atoms with van der Waals surface area (Å²) in [4.78, 5) is 0. The average molecular weight is 570 g/mol. The molecule has 5 rings (SSSR count). The van der Waals surface area contributed by atoms with Crippen LogP contribution >= 0.6 is 0 Å². The molecule has 3 fully saturated rings. The van der Waals surface area contributed by atoms with Crippen LogP contribution in [0.2, 0.25) is 0 Å². The molecule has 0 spiro atoms. The summed E-state index contributed by atoms with van der Waals surface area (Å²) in [5, 5.41) is 0. The third kappa shape index (κ3) is 23.9. The maximum atomic E-state index is 5.33. The van der Waals surface area contributed by atoms with Gasteiger partial charge in [0.25, 0.3) is 0 Å². The van der Waals surface area contributed by atoms with Gasteiger partial charge in [-0.1, -0.05) is 60.7 Å². The Morgan fingerprint density at radius 2 is 0.463 bits per heavy atom. The standard InChI is InChI=1S/C12H24O6.C12H10.2C4H8O.Li/c1-2-14-5-6-16-9-10-18-12-11-17-8-7-15-4-3-13-1;1-3-7-11(8-4-1)12-9-5-2-6-10-12;2*1-2-4-5-3-1;/h1-12H2;1-10H;2*1-4H2;. The molecule has 0 unspecified atom stereocenters. The van der Waals surface area contributed by atoms with Gasteiger partial charge < -0.3 is 37.9 Å². The van der Waals surface area contributed by atoms with Crippen LogP contribution in [-0.4, -0.2) is 125 Å².